The summed E-state index contributed by atoms with van der Waals surface area (Å²) in [6.45, 7) is 1.50. The van der Waals surface area contributed by atoms with Crippen molar-refractivity contribution in [1.82, 2.24) is 14.9 Å². The largest absolute Gasteiger partial charge is 0.456 e. The minimum Gasteiger partial charge on any atom is -0.456 e. The van der Waals surface area contributed by atoms with Crippen LogP contribution in [-0.4, -0.2) is 28.0 Å². The number of aryl methyl sites for hydroxylation is 1. The minimum atomic E-state index is -0.524. The highest BCUT2D eigenvalue weighted by Crippen LogP contribution is 2.16. The molecule has 0 radical (unpaired) electrons. The van der Waals surface area contributed by atoms with Crippen molar-refractivity contribution in [2.45, 2.75) is 25.8 Å². The summed E-state index contributed by atoms with van der Waals surface area (Å²) in [5, 5.41) is 3.32. The third-order valence-electron chi connectivity index (χ3n) is 4.74. The Morgan fingerprint density at radius 2 is 1.87 bits per heavy atom. The van der Waals surface area contributed by atoms with E-state index in [2.05, 4.69) is 26.2 Å². The van der Waals surface area contributed by atoms with Gasteiger partial charge in [0, 0.05) is 17.9 Å². The Labute approximate surface area is 182 Å². The molecule has 3 aromatic rings. The Morgan fingerprint density at radius 3 is 2.60 bits per heavy atom. The van der Waals surface area contributed by atoms with Crippen LogP contribution in [0.2, 0.25) is 0 Å². The molecule has 1 heterocycles. The fourth-order valence-corrected chi connectivity index (χ4v) is 3.30. The third kappa shape index (κ3) is 5.33. The average molecular weight is 472 g/mol. The van der Waals surface area contributed by atoms with Crippen molar-refractivity contribution in [3.05, 3.63) is 74.7 Å². The normalized spacial score (nSPS) is 11.8. The van der Waals surface area contributed by atoms with Crippen LogP contribution in [0.5, 0.6) is 0 Å². The second kappa shape index (κ2) is 9.67. The van der Waals surface area contributed by atoms with Gasteiger partial charge in [-0.25, -0.2) is 4.98 Å². The number of aromatic nitrogens is 2. The molecule has 0 aliphatic heterocycles. The molecule has 7 nitrogen and oxygen atoms in total. The van der Waals surface area contributed by atoms with Crippen molar-refractivity contribution in [3.63, 3.8) is 0 Å². The van der Waals surface area contributed by atoms with Crippen molar-refractivity contribution in [1.29, 1.82) is 0 Å². The van der Waals surface area contributed by atoms with Crippen LogP contribution >= 0.6 is 15.9 Å². The molecule has 0 spiro atoms. The molecule has 1 amide bonds. The summed E-state index contributed by atoms with van der Waals surface area (Å²) in [6, 6.07) is 14.5. The van der Waals surface area contributed by atoms with Gasteiger partial charge in [0.05, 0.1) is 23.4 Å². The molecule has 0 saturated heterocycles. The van der Waals surface area contributed by atoms with Gasteiger partial charge >= 0.3 is 5.97 Å². The number of para-hydroxylation sites is 1. The summed E-state index contributed by atoms with van der Waals surface area (Å²) in [5.74, 6) is -0.414. The van der Waals surface area contributed by atoms with Crippen molar-refractivity contribution in [2.75, 3.05) is 6.61 Å². The number of carbonyl (C=O) groups excluding carboxylic acids is 2. The predicted molar refractivity (Wildman–Crippen MR) is 117 cm³/mol. The Balaban J connectivity index is 1.51. The zero-order valence-electron chi connectivity index (χ0n) is 16.7. The number of benzene rings is 2. The maximum Gasteiger partial charge on any atom is 0.306 e. The second-order valence-electron chi connectivity index (χ2n) is 6.91. The van der Waals surface area contributed by atoms with Crippen molar-refractivity contribution in [3.8, 4) is 0 Å². The van der Waals surface area contributed by atoms with Gasteiger partial charge in [-0.2, -0.15) is 0 Å². The molecule has 3 rings (SSSR count). The summed E-state index contributed by atoms with van der Waals surface area (Å²) in [4.78, 5) is 41.0. The van der Waals surface area contributed by atoms with E-state index in [0.717, 1.165) is 10.0 Å². The fraction of sp³-hybridized carbons (Fsp3) is 0.273. The number of nitrogens with zero attached hydrogens (tertiary/aromatic N) is 2. The van der Waals surface area contributed by atoms with Crippen molar-refractivity contribution in [2.24, 2.45) is 7.05 Å². The molecule has 1 atom stereocenters. The molecular formula is C22H22BrN3O4. The Bertz CT molecular complexity index is 1130. The van der Waals surface area contributed by atoms with Crippen LogP contribution in [0.25, 0.3) is 10.9 Å². The molecule has 0 aliphatic carbocycles. The first kappa shape index (κ1) is 21.7. The molecule has 156 valence electrons. The smallest absolute Gasteiger partial charge is 0.306 e. The number of hydrogen-bond donors (Lipinski definition) is 1. The van der Waals surface area contributed by atoms with Gasteiger partial charge in [-0.3, -0.25) is 19.0 Å². The highest BCUT2D eigenvalue weighted by Gasteiger charge is 2.14. The lowest BCUT2D eigenvalue weighted by Gasteiger charge is -2.14. The standard InChI is InChI=1S/C22H22BrN3O4/c1-14(15-7-9-16(23)10-8-15)24-20(27)13-30-21(28)12-11-19-25-18-6-4-3-5-17(18)22(29)26(19)2/h3-10,14H,11-13H2,1-2H3,(H,24,27). The SMILES string of the molecule is CC(NC(=O)COC(=O)CCc1nc2ccccc2c(=O)n1C)c1ccc(Br)cc1. The van der Waals surface area contributed by atoms with Crippen LogP contribution in [0.4, 0.5) is 0 Å². The number of halogens is 1. The summed E-state index contributed by atoms with van der Waals surface area (Å²) >= 11 is 3.37. The molecule has 8 heteroatoms. The summed E-state index contributed by atoms with van der Waals surface area (Å²) in [6.07, 6.45) is 0.264. The van der Waals surface area contributed by atoms with Gasteiger partial charge in [0.1, 0.15) is 5.82 Å². The molecule has 0 bridgehead atoms. The number of carbonyl (C=O) groups is 2. The van der Waals surface area contributed by atoms with Crippen LogP contribution in [0.15, 0.2) is 57.8 Å². The summed E-state index contributed by atoms with van der Waals surface area (Å²) in [7, 11) is 1.62. The van der Waals surface area contributed by atoms with Crippen molar-refractivity contribution >= 4 is 38.7 Å². The van der Waals surface area contributed by atoms with E-state index >= 15 is 0 Å². The van der Waals surface area contributed by atoms with E-state index in [1.54, 1.807) is 31.3 Å². The van der Waals surface area contributed by atoms with Crippen LogP contribution in [0.3, 0.4) is 0 Å². The van der Waals surface area contributed by atoms with E-state index in [-0.39, 0.29) is 37.0 Å². The molecular weight excluding hydrogens is 450 g/mol. The zero-order chi connectivity index (χ0) is 21.7. The molecule has 1 aromatic heterocycles. The van der Waals surface area contributed by atoms with Crippen LogP contribution in [-0.2, 0) is 27.8 Å². The topological polar surface area (TPSA) is 90.3 Å². The monoisotopic (exact) mass is 471 g/mol. The maximum absolute atomic E-state index is 12.4. The zero-order valence-corrected chi connectivity index (χ0v) is 18.3. The van der Waals surface area contributed by atoms with E-state index < -0.39 is 5.97 Å². The molecule has 0 fully saturated rings. The first-order valence-electron chi connectivity index (χ1n) is 9.50. The number of esters is 1. The summed E-state index contributed by atoms with van der Waals surface area (Å²) < 4.78 is 7.45. The van der Waals surface area contributed by atoms with Gasteiger partial charge < -0.3 is 10.1 Å². The van der Waals surface area contributed by atoms with Crippen LogP contribution in [0.1, 0.15) is 30.8 Å². The number of rotatable bonds is 7. The lowest BCUT2D eigenvalue weighted by Crippen LogP contribution is -2.31. The molecule has 2 aromatic carbocycles. The van der Waals surface area contributed by atoms with E-state index in [1.807, 2.05) is 31.2 Å². The number of nitrogens with one attached hydrogen (secondary N) is 1. The molecule has 1 unspecified atom stereocenters. The minimum absolute atomic E-state index is 0.0220. The highest BCUT2D eigenvalue weighted by atomic mass is 79.9. The Morgan fingerprint density at radius 1 is 1.17 bits per heavy atom. The highest BCUT2D eigenvalue weighted by molar-refractivity contribution is 9.10. The Kier molecular flexibility index (Phi) is 6.99. The molecule has 0 saturated carbocycles. The van der Waals surface area contributed by atoms with Crippen LogP contribution < -0.4 is 10.9 Å². The van der Waals surface area contributed by atoms with Crippen LogP contribution in [0, 0.1) is 0 Å². The number of fused-ring (bicyclic) bond motifs is 1. The maximum atomic E-state index is 12.4. The van der Waals surface area contributed by atoms with E-state index in [4.69, 9.17) is 4.74 Å². The third-order valence-corrected chi connectivity index (χ3v) is 5.27. The number of hydrogen-bond acceptors (Lipinski definition) is 5. The van der Waals surface area contributed by atoms with E-state index in [9.17, 15) is 14.4 Å². The first-order chi connectivity index (χ1) is 14.3. The van der Waals surface area contributed by atoms with Gasteiger partial charge in [0.25, 0.3) is 11.5 Å². The quantitative estimate of drug-likeness (QED) is 0.534. The van der Waals surface area contributed by atoms with Crippen molar-refractivity contribution < 1.29 is 14.3 Å². The van der Waals surface area contributed by atoms with Gasteiger partial charge in [-0.05, 0) is 36.8 Å². The second-order valence-corrected chi connectivity index (χ2v) is 7.83. The van der Waals surface area contributed by atoms with Gasteiger partial charge in [0.2, 0.25) is 0 Å². The number of amides is 1. The lowest BCUT2D eigenvalue weighted by molar-refractivity contribution is -0.148. The molecule has 1 N–H and O–H groups in total. The van der Waals surface area contributed by atoms with Gasteiger partial charge in [0.15, 0.2) is 6.61 Å². The molecule has 0 aliphatic rings. The predicted octanol–water partition coefficient (Wildman–Crippen LogP) is 3.05. The summed E-state index contributed by atoms with van der Waals surface area (Å²) in [5.41, 5.74) is 1.37. The first-order valence-corrected chi connectivity index (χ1v) is 10.3. The number of ether oxygens (including phenoxy) is 1. The lowest BCUT2D eigenvalue weighted by atomic mass is 10.1. The van der Waals surface area contributed by atoms with Gasteiger partial charge in [-0.1, -0.05) is 40.2 Å². The van der Waals surface area contributed by atoms with Gasteiger partial charge in [-0.15, -0.1) is 0 Å². The molecule has 30 heavy (non-hydrogen) atoms. The Hall–Kier alpha value is -3.00. The van der Waals surface area contributed by atoms with E-state index in [1.165, 1.54) is 4.57 Å². The van der Waals surface area contributed by atoms with E-state index in [0.29, 0.717) is 16.7 Å². The average Bonchev–Trinajstić information content (AvgIpc) is 2.74. The fourth-order valence-electron chi connectivity index (χ4n) is 3.04.